The van der Waals surface area contributed by atoms with Gasteiger partial charge in [0.05, 0.1) is 0 Å². The standard InChI is InChI=1S/C15H20ClN3O/c16-11-5-7-12(8-6-11)18-15(20)19-10-2-4-14(19)13-3-1-9-17-13/h5-8,13-14,17H,1-4,9-10H2,(H,18,20). The Hall–Kier alpha value is -1.26. The molecule has 2 heterocycles. The molecule has 0 spiro atoms. The number of rotatable bonds is 2. The summed E-state index contributed by atoms with van der Waals surface area (Å²) in [7, 11) is 0. The van der Waals surface area contributed by atoms with E-state index in [4.69, 9.17) is 11.6 Å². The Labute approximate surface area is 124 Å². The Kier molecular flexibility index (Phi) is 4.13. The van der Waals surface area contributed by atoms with Gasteiger partial charge in [-0.15, -0.1) is 0 Å². The molecule has 2 amide bonds. The molecule has 0 aromatic heterocycles. The van der Waals surface area contributed by atoms with Crippen LogP contribution in [0.4, 0.5) is 10.5 Å². The first kappa shape index (κ1) is 13.7. The van der Waals surface area contributed by atoms with Crippen LogP contribution in [0, 0.1) is 0 Å². The predicted octanol–water partition coefficient (Wildman–Crippen LogP) is 3.09. The predicted molar refractivity (Wildman–Crippen MR) is 81.2 cm³/mol. The number of hydrogen-bond donors (Lipinski definition) is 2. The van der Waals surface area contributed by atoms with Gasteiger partial charge in [0.2, 0.25) is 0 Å². The molecule has 0 radical (unpaired) electrons. The lowest BCUT2D eigenvalue weighted by molar-refractivity contribution is 0.195. The molecule has 0 saturated carbocycles. The fourth-order valence-electron chi connectivity index (χ4n) is 3.23. The van der Waals surface area contributed by atoms with Gasteiger partial charge in [0.1, 0.15) is 0 Å². The average Bonchev–Trinajstić information content (AvgIpc) is 3.11. The topological polar surface area (TPSA) is 44.4 Å². The Morgan fingerprint density at radius 3 is 2.75 bits per heavy atom. The Balaban J connectivity index is 1.64. The number of nitrogens with one attached hydrogen (secondary N) is 2. The molecule has 2 aliphatic rings. The van der Waals surface area contributed by atoms with Gasteiger partial charge in [-0.1, -0.05) is 11.6 Å². The fourth-order valence-corrected chi connectivity index (χ4v) is 3.36. The summed E-state index contributed by atoms with van der Waals surface area (Å²) in [6.07, 6.45) is 4.59. The second kappa shape index (κ2) is 6.02. The first-order valence-electron chi connectivity index (χ1n) is 7.30. The van der Waals surface area contributed by atoms with Crippen LogP contribution in [0.15, 0.2) is 24.3 Å². The molecule has 0 aliphatic carbocycles. The normalized spacial score (nSPS) is 25.9. The van der Waals surface area contributed by atoms with Crippen LogP contribution >= 0.6 is 11.6 Å². The lowest BCUT2D eigenvalue weighted by Gasteiger charge is -2.29. The number of carbonyl (C=O) groups excluding carboxylic acids is 1. The fraction of sp³-hybridized carbons (Fsp3) is 0.533. The summed E-state index contributed by atoms with van der Waals surface area (Å²) >= 11 is 5.85. The first-order valence-corrected chi connectivity index (χ1v) is 7.68. The largest absolute Gasteiger partial charge is 0.322 e. The SMILES string of the molecule is O=C(Nc1ccc(Cl)cc1)N1CCCC1C1CCCN1. The van der Waals surface area contributed by atoms with Crippen molar-refractivity contribution in [1.82, 2.24) is 10.2 Å². The number of nitrogens with zero attached hydrogens (tertiary/aromatic N) is 1. The summed E-state index contributed by atoms with van der Waals surface area (Å²) < 4.78 is 0. The van der Waals surface area contributed by atoms with Gasteiger partial charge < -0.3 is 15.5 Å². The summed E-state index contributed by atoms with van der Waals surface area (Å²) in [5, 5.41) is 7.16. The van der Waals surface area contributed by atoms with E-state index in [1.807, 2.05) is 17.0 Å². The molecule has 2 atom stereocenters. The minimum absolute atomic E-state index is 0.00326. The van der Waals surface area contributed by atoms with Crippen LogP contribution < -0.4 is 10.6 Å². The third-order valence-electron chi connectivity index (χ3n) is 4.22. The zero-order valence-corrected chi connectivity index (χ0v) is 12.2. The molecule has 2 N–H and O–H groups in total. The average molecular weight is 294 g/mol. The van der Waals surface area contributed by atoms with Crippen molar-refractivity contribution in [2.75, 3.05) is 18.4 Å². The molecular formula is C15H20ClN3O. The molecule has 1 aromatic carbocycles. The number of likely N-dealkylation sites (tertiary alicyclic amines) is 1. The maximum Gasteiger partial charge on any atom is 0.322 e. The molecule has 5 heteroatoms. The van der Waals surface area contributed by atoms with Gasteiger partial charge in [0.25, 0.3) is 0 Å². The van der Waals surface area contributed by atoms with Gasteiger partial charge in [0, 0.05) is 29.3 Å². The van der Waals surface area contributed by atoms with E-state index in [1.54, 1.807) is 12.1 Å². The van der Waals surface area contributed by atoms with E-state index in [-0.39, 0.29) is 6.03 Å². The number of amides is 2. The molecule has 1 aromatic rings. The smallest absolute Gasteiger partial charge is 0.320 e. The van der Waals surface area contributed by atoms with E-state index in [0.29, 0.717) is 17.1 Å². The molecule has 20 heavy (non-hydrogen) atoms. The summed E-state index contributed by atoms with van der Waals surface area (Å²) in [5.74, 6) is 0. The van der Waals surface area contributed by atoms with Gasteiger partial charge in [-0.05, 0) is 56.5 Å². The second-order valence-electron chi connectivity index (χ2n) is 5.54. The van der Waals surface area contributed by atoms with Crippen molar-refractivity contribution in [1.29, 1.82) is 0 Å². The summed E-state index contributed by atoms with van der Waals surface area (Å²) in [5.41, 5.74) is 0.796. The van der Waals surface area contributed by atoms with Crippen molar-refractivity contribution in [3.8, 4) is 0 Å². The van der Waals surface area contributed by atoms with Gasteiger partial charge in [0.15, 0.2) is 0 Å². The molecule has 4 nitrogen and oxygen atoms in total. The number of hydrogen-bond acceptors (Lipinski definition) is 2. The highest BCUT2D eigenvalue weighted by atomic mass is 35.5. The minimum atomic E-state index is 0.00326. The van der Waals surface area contributed by atoms with E-state index >= 15 is 0 Å². The van der Waals surface area contributed by atoms with Gasteiger partial charge >= 0.3 is 6.03 Å². The number of anilines is 1. The quantitative estimate of drug-likeness (QED) is 0.880. The molecule has 2 aliphatic heterocycles. The highest BCUT2D eigenvalue weighted by Gasteiger charge is 2.35. The van der Waals surface area contributed by atoms with Crippen LogP contribution in [-0.2, 0) is 0 Å². The zero-order chi connectivity index (χ0) is 13.9. The van der Waals surface area contributed by atoms with Crippen molar-refractivity contribution >= 4 is 23.3 Å². The van der Waals surface area contributed by atoms with Crippen LogP contribution in [0.3, 0.4) is 0 Å². The number of benzene rings is 1. The van der Waals surface area contributed by atoms with E-state index in [9.17, 15) is 4.79 Å². The summed E-state index contributed by atoms with van der Waals surface area (Å²) in [6, 6.07) is 8.05. The van der Waals surface area contributed by atoms with Crippen LogP contribution in [0.1, 0.15) is 25.7 Å². The Morgan fingerprint density at radius 1 is 1.25 bits per heavy atom. The monoisotopic (exact) mass is 293 g/mol. The number of carbonyl (C=O) groups is 1. The number of urea groups is 1. The van der Waals surface area contributed by atoms with Crippen LogP contribution in [0.2, 0.25) is 5.02 Å². The van der Waals surface area contributed by atoms with Crippen molar-refractivity contribution in [2.45, 2.75) is 37.8 Å². The molecule has 0 bridgehead atoms. The summed E-state index contributed by atoms with van der Waals surface area (Å²) in [6.45, 7) is 1.93. The lowest BCUT2D eigenvalue weighted by Crippen LogP contribution is -2.48. The number of halogens is 1. The molecule has 3 rings (SSSR count). The molecule has 2 saturated heterocycles. The molecular weight excluding hydrogens is 274 g/mol. The van der Waals surface area contributed by atoms with E-state index < -0.39 is 0 Å². The van der Waals surface area contributed by atoms with Gasteiger partial charge in [-0.2, -0.15) is 0 Å². The van der Waals surface area contributed by atoms with Crippen molar-refractivity contribution in [2.24, 2.45) is 0 Å². The van der Waals surface area contributed by atoms with E-state index in [1.165, 1.54) is 12.8 Å². The molecule has 108 valence electrons. The maximum absolute atomic E-state index is 12.4. The Morgan fingerprint density at radius 2 is 2.05 bits per heavy atom. The van der Waals surface area contributed by atoms with E-state index in [2.05, 4.69) is 10.6 Å². The lowest BCUT2D eigenvalue weighted by atomic mass is 10.0. The Bertz CT molecular complexity index is 471. The highest BCUT2D eigenvalue weighted by molar-refractivity contribution is 6.30. The van der Waals surface area contributed by atoms with E-state index in [0.717, 1.165) is 31.6 Å². The summed E-state index contributed by atoms with van der Waals surface area (Å²) in [4.78, 5) is 14.4. The van der Waals surface area contributed by atoms with Crippen molar-refractivity contribution in [3.05, 3.63) is 29.3 Å². The third kappa shape index (κ3) is 2.91. The van der Waals surface area contributed by atoms with Crippen LogP contribution in [0.5, 0.6) is 0 Å². The third-order valence-corrected chi connectivity index (χ3v) is 4.47. The van der Waals surface area contributed by atoms with Crippen LogP contribution in [-0.4, -0.2) is 36.1 Å². The first-order chi connectivity index (χ1) is 9.74. The van der Waals surface area contributed by atoms with Crippen molar-refractivity contribution < 1.29 is 4.79 Å². The van der Waals surface area contributed by atoms with Gasteiger partial charge in [-0.25, -0.2) is 4.79 Å². The van der Waals surface area contributed by atoms with Gasteiger partial charge in [-0.3, -0.25) is 0 Å². The second-order valence-corrected chi connectivity index (χ2v) is 5.98. The maximum atomic E-state index is 12.4. The molecule has 2 fully saturated rings. The van der Waals surface area contributed by atoms with Crippen molar-refractivity contribution in [3.63, 3.8) is 0 Å². The zero-order valence-electron chi connectivity index (χ0n) is 11.4. The minimum Gasteiger partial charge on any atom is -0.320 e. The molecule has 2 unspecified atom stereocenters. The highest BCUT2D eigenvalue weighted by Crippen LogP contribution is 2.25. The van der Waals surface area contributed by atoms with Crippen LogP contribution in [0.25, 0.3) is 0 Å².